The van der Waals surface area contributed by atoms with Crippen molar-refractivity contribution in [3.05, 3.63) is 35.8 Å². The van der Waals surface area contributed by atoms with Crippen LogP contribution in [0.5, 0.6) is 0 Å². The Balaban J connectivity index is 1.93. The minimum Gasteiger partial charge on any atom is -0.472 e. The van der Waals surface area contributed by atoms with Gasteiger partial charge >= 0.3 is 23.9 Å². The Labute approximate surface area is 196 Å². The number of methoxy groups -OCH3 is 2. The first kappa shape index (κ1) is 24.0. The SMILES string of the molecule is COC(=O)[C@@]1(O)[C@@H](OC(C)=O)CC[C@H]2[C@@]3(C[C@H](c4ccoc4)OC3=O)C(C)=CC[C@]21C(=O)OC. The van der Waals surface area contributed by atoms with Crippen molar-refractivity contribution in [2.24, 2.45) is 16.7 Å². The number of rotatable bonds is 4. The summed E-state index contributed by atoms with van der Waals surface area (Å²) in [5.74, 6) is -4.23. The molecule has 3 aliphatic rings. The molecule has 1 saturated carbocycles. The molecule has 1 aromatic heterocycles. The fourth-order valence-electron chi connectivity index (χ4n) is 6.34. The summed E-state index contributed by atoms with van der Waals surface area (Å²) in [6.07, 6.45) is 2.84. The molecule has 10 heteroatoms. The number of allylic oxidation sites excluding steroid dienone is 1. The Morgan fingerprint density at radius 2 is 1.85 bits per heavy atom. The van der Waals surface area contributed by atoms with Gasteiger partial charge in [-0.15, -0.1) is 0 Å². The Kier molecular flexibility index (Phi) is 5.83. The molecule has 1 spiro atoms. The van der Waals surface area contributed by atoms with Gasteiger partial charge in [-0.25, -0.2) is 4.79 Å². The van der Waals surface area contributed by atoms with Gasteiger partial charge in [-0.2, -0.15) is 0 Å². The van der Waals surface area contributed by atoms with Crippen molar-refractivity contribution in [1.82, 2.24) is 0 Å². The molecule has 0 unspecified atom stereocenters. The third-order valence-electron chi connectivity index (χ3n) is 7.88. The van der Waals surface area contributed by atoms with Gasteiger partial charge in [0.1, 0.15) is 17.6 Å². The fraction of sp³-hybridized carbons (Fsp3) is 0.583. The summed E-state index contributed by atoms with van der Waals surface area (Å²) in [6, 6.07) is 1.69. The van der Waals surface area contributed by atoms with E-state index in [2.05, 4.69) is 0 Å². The first-order valence-electron chi connectivity index (χ1n) is 11.1. The van der Waals surface area contributed by atoms with Crippen LogP contribution in [0.15, 0.2) is 34.7 Å². The van der Waals surface area contributed by atoms with Crippen molar-refractivity contribution in [1.29, 1.82) is 0 Å². The summed E-state index contributed by atoms with van der Waals surface area (Å²) in [5.41, 5.74) is -4.55. The van der Waals surface area contributed by atoms with Gasteiger partial charge in [0, 0.05) is 18.9 Å². The molecule has 10 nitrogen and oxygen atoms in total. The molecule has 1 aliphatic heterocycles. The Morgan fingerprint density at radius 3 is 2.44 bits per heavy atom. The highest BCUT2D eigenvalue weighted by atomic mass is 16.6. The number of carbonyl (C=O) groups is 4. The number of esters is 4. The summed E-state index contributed by atoms with van der Waals surface area (Å²) < 4.78 is 26.3. The van der Waals surface area contributed by atoms with Crippen molar-refractivity contribution >= 4 is 23.9 Å². The van der Waals surface area contributed by atoms with Gasteiger partial charge in [-0.05, 0) is 38.2 Å². The lowest BCUT2D eigenvalue weighted by Crippen LogP contribution is -2.73. The van der Waals surface area contributed by atoms with E-state index in [4.69, 9.17) is 23.4 Å². The fourth-order valence-corrected chi connectivity index (χ4v) is 6.34. The molecule has 4 rings (SSSR count). The summed E-state index contributed by atoms with van der Waals surface area (Å²) in [6.45, 7) is 2.92. The van der Waals surface area contributed by atoms with Gasteiger partial charge in [-0.1, -0.05) is 11.6 Å². The number of cyclic esters (lactones) is 1. The Hall–Kier alpha value is -3.14. The number of carbonyl (C=O) groups excluding carboxylic acids is 4. The van der Waals surface area contributed by atoms with E-state index in [9.17, 15) is 24.3 Å². The van der Waals surface area contributed by atoms with Gasteiger partial charge in [-0.3, -0.25) is 14.4 Å². The molecule has 1 saturated heterocycles. The maximum atomic E-state index is 13.6. The van der Waals surface area contributed by atoms with Crippen molar-refractivity contribution < 1.29 is 47.6 Å². The van der Waals surface area contributed by atoms with Crippen LogP contribution in [0.2, 0.25) is 0 Å². The molecule has 184 valence electrons. The second kappa shape index (κ2) is 8.26. The lowest BCUT2D eigenvalue weighted by Gasteiger charge is -2.58. The number of hydrogen-bond acceptors (Lipinski definition) is 10. The van der Waals surface area contributed by atoms with Crippen LogP contribution in [-0.2, 0) is 38.1 Å². The summed E-state index contributed by atoms with van der Waals surface area (Å²) in [4.78, 5) is 52.1. The van der Waals surface area contributed by atoms with Gasteiger partial charge in [0.25, 0.3) is 0 Å². The van der Waals surface area contributed by atoms with Crippen LogP contribution in [0.25, 0.3) is 0 Å². The largest absolute Gasteiger partial charge is 0.472 e. The van der Waals surface area contributed by atoms with E-state index in [-0.39, 0.29) is 25.7 Å². The first-order chi connectivity index (χ1) is 16.1. The number of furan rings is 1. The van der Waals surface area contributed by atoms with Crippen LogP contribution in [0.3, 0.4) is 0 Å². The van der Waals surface area contributed by atoms with Crippen molar-refractivity contribution in [2.75, 3.05) is 14.2 Å². The predicted octanol–water partition coefficient (Wildman–Crippen LogP) is 2.01. The van der Waals surface area contributed by atoms with E-state index in [0.717, 1.165) is 21.1 Å². The zero-order valence-corrected chi connectivity index (χ0v) is 19.5. The maximum absolute atomic E-state index is 13.6. The van der Waals surface area contributed by atoms with E-state index in [1.165, 1.54) is 12.5 Å². The van der Waals surface area contributed by atoms with Crippen molar-refractivity contribution in [3.8, 4) is 0 Å². The van der Waals surface area contributed by atoms with E-state index < -0.39 is 58.4 Å². The second-order valence-electron chi connectivity index (χ2n) is 9.17. The summed E-state index contributed by atoms with van der Waals surface area (Å²) >= 11 is 0. The Bertz CT molecular complexity index is 1040. The van der Waals surface area contributed by atoms with Crippen LogP contribution in [-0.4, -0.2) is 54.9 Å². The van der Waals surface area contributed by atoms with Gasteiger partial charge in [0.05, 0.1) is 32.2 Å². The molecule has 1 N–H and O–H groups in total. The number of aliphatic hydroxyl groups is 1. The standard InChI is InChI=1S/C24H28O10/c1-13-7-9-23(20(27)30-3)17(5-6-18(33-14(2)25)24(23,29)21(28)31-4)22(13)11-16(34-19(22)26)15-8-10-32-12-15/h7-8,10,12,16-18,29H,5-6,9,11H2,1-4H3/t16-,17+,18+,22-,23-,24+/m1/s1. The molecule has 2 heterocycles. The van der Waals surface area contributed by atoms with E-state index in [0.29, 0.717) is 11.1 Å². The van der Waals surface area contributed by atoms with Crippen LogP contribution >= 0.6 is 0 Å². The molecule has 0 bridgehead atoms. The summed E-state index contributed by atoms with van der Waals surface area (Å²) in [5, 5.41) is 12.0. The monoisotopic (exact) mass is 476 g/mol. The minimum atomic E-state index is -2.60. The quantitative estimate of drug-likeness (QED) is 0.390. The minimum absolute atomic E-state index is 0.0211. The zero-order valence-electron chi connectivity index (χ0n) is 19.5. The molecular weight excluding hydrogens is 448 g/mol. The summed E-state index contributed by atoms with van der Waals surface area (Å²) in [7, 11) is 2.21. The first-order valence-corrected chi connectivity index (χ1v) is 11.1. The third-order valence-corrected chi connectivity index (χ3v) is 7.88. The predicted molar refractivity (Wildman–Crippen MR) is 113 cm³/mol. The third kappa shape index (κ3) is 2.97. The zero-order chi connectivity index (χ0) is 24.9. The molecule has 0 aromatic carbocycles. The molecule has 1 aromatic rings. The molecule has 0 radical (unpaired) electrons. The number of fused-ring (bicyclic) bond motifs is 2. The molecule has 6 atom stereocenters. The average Bonchev–Trinajstić information content (AvgIpc) is 3.46. The molecular formula is C24H28O10. The van der Waals surface area contributed by atoms with E-state index in [1.807, 2.05) is 0 Å². The second-order valence-corrected chi connectivity index (χ2v) is 9.17. The van der Waals surface area contributed by atoms with Crippen LogP contribution in [0.1, 0.15) is 51.2 Å². The van der Waals surface area contributed by atoms with Crippen molar-refractivity contribution in [3.63, 3.8) is 0 Å². The lowest BCUT2D eigenvalue weighted by atomic mass is 9.44. The molecule has 34 heavy (non-hydrogen) atoms. The van der Waals surface area contributed by atoms with Gasteiger partial charge in [0.15, 0.2) is 0 Å². The smallest absolute Gasteiger partial charge is 0.343 e. The highest BCUT2D eigenvalue weighted by Gasteiger charge is 2.78. The van der Waals surface area contributed by atoms with E-state index >= 15 is 0 Å². The van der Waals surface area contributed by atoms with Crippen LogP contribution in [0.4, 0.5) is 0 Å². The lowest BCUT2D eigenvalue weighted by molar-refractivity contribution is -0.247. The topological polar surface area (TPSA) is 139 Å². The van der Waals surface area contributed by atoms with Crippen LogP contribution in [0, 0.1) is 16.7 Å². The Morgan fingerprint density at radius 1 is 1.15 bits per heavy atom. The normalized spacial score (nSPS) is 36.8. The van der Waals surface area contributed by atoms with E-state index in [1.54, 1.807) is 19.1 Å². The van der Waals surface area contributed by atoms with Gasteiger partial charge in [0.2, 0.25) is 5.60 Å². The van der Waals surface area contributed by atoms with Gasteiger partial charge < -0.3 is 28.5 Å². The van der Waals surface area contributed by atoms with Crippen LogP contribution < -0.4 is 0 Å². The highest BCUT2D eigenvalue weighted by Crippen LogP contribution is 2.67. The number of hydrogen-bond donors (Lipinski definition) is 1. The number of ether oxygens (including phenoxy) is 4. The molecule has 2 aliphatic carbocycles. The maximum Gasteiger partial charge on any atom is 0.343 e. The highest BCUT2D eigenvalue weighted by molar-refractivity contribution is 5.95. The molecule has 0 amide bonds. The van der Waals surface area contributed by atoms with Crippen molar-refractivity contribution in [2.45, 2.75) is 57.3 Å². The molecule has 2 fully saturated rings. The average molecular weight is 476 g/mol.